The maximum atomic E-state index is 6.04. The minimum Gasteiger partial charge on any atom is -0.381 e. The SMILES string of the molecule is CCNC(=NCc1cccc(COC2CCOCC2)c1)N(C)Cc1ncnn1C.I. The summed E-state index contributed by atoms with van der Waals surface area (Å²) in [6.45, 7) is 6.36. The largest absolute Gasteiger partial charge is 0.381 e. The Bertz CT molecular complexity index is 791. The summed E-state index contributed by atoms with van der Waals surface area (Å²) in [6, 6.07) is 8.46. The summed E-state index contributed by atoms with van der Waals surface area (Å²) in [6.07, 6.45) is 3.84. The number of aliphatic imine (C=N–C) groups is 1. The molecule has 0 aliphatic carbocycles. The van der Waals surface area contributed by atoms with Crippen LogP contribution in [0.3, 0.4) is 0 Å². The van der Waals surface area contributed by atoms with Crippen molar-refractivity contribution < 1.29 is 9.47 Å². The van der Waals surface area contributed by atoms with Crippen LogP contribution in [-0.2, 0) is 36.2 Å². The maximum absolute atomic E-state index is 6.04. The van der Waals surface area contributed by atoms with E-state index in [9.17, 15) is 0 Å². The molecular formula is C21H33IN6O2. The molecule has 0 saturated carbocycles. The number of nitrogens with zero attached hydrogens (tertiary/aromatic N) is 5. The van der Waals surface area contributed by atoms with Crippen LogP contribution in [0.4, 0.5) is 0 Å². The zero-order valence-electron chi connectivity index (χ0n) is 18.1. The first-order valence-electron chi connectivity index (χ1n) is 10.2. The van der Waals surface area contributed by atoms with Gasteiger partial charge in [0.15, 0.2) is 5.96 Å². The summed E-state index contributed by atoms with van der Waals surface area (Å²) in [5.74, 6) is 1.74. The summed E-state index contributed by atoms with van der Waals surface area (Å²) in [5, 5.41) is 7.48. The molecule has 0 unspecified atom stereocenters. The lowest BCUT2D eigenvalue weighted by Crippen LogP contribution is -2.39. The van der Waals surface area contributed by atoms with E-state index >= 15 is 0 Å². The van der Waals surface area contributed by atoms with Gasteiger partial charge in [0, 0.05) is 33.9 Å². The number of aryl methyl sites for hydroxylation is 1. The Hall–Kier alpha value is -1.72. The van der Waals surface area contributed by atoms with Gasteiger partial charge < -0.3 is 19.7 Å². The molecule has 0 spiro atoms. The number of benzene rings is 1. The van der Waals surface area contributed by atoms with Crippen molar-refractivity contribution in [1.29, 1.82) is 0 Å². The van der Waals surface area contributed by atoms with Gasteiger partial charge in [-0.1, -0.05) is 24.3 Å². The third kappa shape index (κ3) is 7.51. The third-order valence-corrected chi connectivity index (χ3v) is 4.94. The number of rotatable bonds is 8. The molecule has 1 saturated heterocycles. The molecule has 30 heavy (non-hydrogen) atoms. The quantitative estimate of drug-likeness (QED) is 0.323. The van der Waals surface area contributed by atoms with Crippen molar-refractivity contribution in [3.63, 3.8) is 0 Å². The van der Waals surface area contributed by atoms with Crippen LogP contribution in [0, 0.1) is 0 Å². The van der Waals surface area contributed by atoms with Crippen molar-refractivity contribution in [1.82, 2.24) is 25.0 Å². The Balaban J connectivity index is 0.00000320. The summed E-state index contributed by atoms with van der Waals surface area (Å²) >= 11 is 0. The molecule has 0 bridgehead atoms. The molecule has 3 rings (SSSR count). The van der Waals surface area contributed by atoms with Crippen LogP contribution in [0.5, 0.6) is 0 Å². The fourth-order valence-electron chi connectivity index (χ4n) is 3.26. The van der Waals surface area contributed by atoms with Crippen molar-refractivity contribution in [3.05, 3.63) is 47.5 Å². The van der Waals surface area contributed by atoms with Gasteiger partial charge in [-0.05, 0) is 30.9 Å². The van der Waals surface area contributed by atoms with Crippen LogP contribution < -0.4 is 5.32 Å². The molecule has 1 fully saturated rings. The van der Waals surface area contributed by atoms with Crippen molar-refractivity contribution in [2.24, 2.45) is 12.0 Å². The van der Waals surface area contributed by atoms with E-state index < -0.39 is 0 Å². The molecule has 1 aliphatic rings. The van der Waals surface area contributed by atoms with Gasteiger partial charge in [-0.15, -0.1) is 24.0 Å². The zero-order valence-corrected chi connectivity index (χ0v) is 20.4. The zero-order chi connectivity index (χ0) is 20.5. The van der Waals surface area contributed by atoms with Gasteiger partial charge >= 0.3 is 0 Å². The first kappa shape index (κ1) is 24.5. The molecule has 9 heteroatoms. The van der Waals surface area contributed by atoms with Gasteiger partial charge in [-0.2, -0.15) is 5.10 Å². The highest BCUT2D eigenvalue weighted by Crippen LogP contribution is 2.15. The lowest BCUT2D eigenvalue weighted by Gasteiger charge is -2.22. The van der Waals surface area contributed by atoms with Crippen LogP contribution in [0.2, 0.25) is 0 Å². The van der Waals surface area contributed by atoms with Crippen LogP contribution in [0.15, 0.2) is 35.6 Å². The van der Waals surface area contributed by atoms with E-state index in [0.29, 0.717) is 25.8 Å². The molecule has 1 aromatic heterocycles. The smallest absolute Gasteiger partial charge is 0.194 e. The van der Waals surface area contributed by atoms with Crippen molar-refractivity contribution >= 4 is 29.9 Å². The first-order valence-corrected chi connectivity index (χ1v) is 10.2. The van der Waals surface area contributed by atoms with Crippen LogP contribution in [0.1, 0.15) is 36.7 Å². The van der Waals surface area contributed by atoms with E-state index in [4.69, 9.17) is 14.5 Å². The fraction of sp³-hybridized carbons (Fsp3) is 0.571. The third-order valence-electron chi connectivity index (χ3n) is 4.94. The molecule has 166 valence electrons. The summed E-state index contributed by atoms with van der Waals surface area (Å²) in [5.41, 5.74) is 2.35. The van der Waals surface area contributed by atoms with Gasteiger partial charge in [0.1, 0.15) is 12.2 Å². The van der Waals surface area contributed by atoms with E-state index in [1.807, 2.05) is 14.1 Å². The highest BCUT2D eigenvalue weighted by Gasteiger charge is 2.14. The molecule has 2 aromatic rings. The van der Waals surface area contributed by atoms with Gasteiger partial charge in [0.2, 0.25) is 0 Å². The summed E-state index contributed by atoms with van der Waals surface area (Å²) < 4.78 is 13.2. The number of halogens is 1. The lowest BCUT2D eigenvalue weighted by molar-refractivity contribution is -0.0390. The first-order chi connectivity index (χ1) is 14.2. The van der Waals surface area contributed by atoms with Crippen molar-refractivity contribution in [3.8, 4) is 0 Å². The number of nitrogens with one attached hydrogen (secondary N) is 1. The average molecular weight is 528 g/mol. The maximum Gasteiger partial charge on any atom is 0.194 e. The van der Waals surface area contributed by atoms with E-state index in [1.54, 1.807) is 11.0 Å². The van der Waals surface area contributed by atoms with E-state index in [-0.39, 0.29) is 24.0 Å². The molecule has 2 heterocycles. The second kappa shape index (κ2) is 12.9. The monoisotopic (exact) mass is 528 g/mol. The topological polar surface area (TPSA) is 76.8 Å². The van der Waals surface area contributed by atoms with E-state index in [1.165, 1.54) is 11.1 Å². The van der Waals surface area contributed by atoms with Crippen LogP contribution >= 0.6 is 24.0 Å². The van der Waals surface area contributed by atoms with Crippen LogP contribution in [-0.4, -0.2) is 58.5 Å². The standard InChI is InChI=1S/C21H32N6O2.HI/c1-4-22-21(26(2)14-20-24-16-25-27(20)3)23-13-17-6-5-7-18(12-17)15-29-19-8-10-28-11-9-19;/h5-7,12,16,19H,4,8-11,13-15H2,1-3H3,(H,22,23);1H. The van der Waals surface area contributed by atoms with Gasteiger partial charge in [0.05, 0.1) is 25.8 Å². The van der Waals surface area contributed by atoms with E-state index in [0.717, 1.165) is 44.4 Å². The van der Waals surface area contributed by atoms with E-state index in [2.05, 4.69) is 51.5 Å². The lowest BCUT2D eigenvalue weighted by atomic mass is 10.1. The molecule has 0 amide bonds. The second-order valence-corrected chi connectivity index (χ2v) is 7.27. The molecule has 1 aliphatic heterocycles. The predicted octanol–water partition coefficient (Wildman–Crippen LogP) is 2.73. The Morgan fingerprint density at radius 2 is 2.10 bits per heavy atom. The normalized spacial score (nSPS) is 15.0. The average Bonchev–Trinajstić information content (AvgIpc) is 3.15. The minimum absolute atomic E-state index is 0. The minimum atomic E-state index is 0. The van der Waals surface area contributed by atoms with Gasteiger partial charge in [-0.25, -0.2) is 9.98 Å². The highest BCUT2D eigenvalue weighted by molar-refractivity contribution is 14.0. The molecule has 1 aromatic carbocycles. The van der Waals surface area contributed by atoms with Crippen LogP contribution in [0.25, 0.3) is 0 Å². The summed E-state index contributed by atoms with van der Waals surface area (Å²) in [7, 11) is 3.91. The van der Waals surface area contributed by atoms with Crippen molar-refractivity contribution in [2.75, 3.05) is 26.8 Å². The molecular weight excluding hydrogens is 495 g/mol. The second-order valence-electron chi connectivity index (χ2n) is 7.27. The number of hydrogen-bond donors (Lipinski definition) is 1. The summed E-state index contributed by atoms with van der Waals surface area (Å²) in [4.78, 5) is 11.2. The fourth-order valence-corrected chi connectivity index (χ4v) is 3.26. The number of ether oxygens (including phenoxy) is 2. The Morgan fingerprint density at radius 1 is 1.33 bits per heavy atom. The highest BCUT2D eigenvalue weighted by atomic mass is 127. The Kier molecular flexibility index (Phi) is 10.5. The predicted molar refractivity (Wildman–Crippen MR) is 128 cm³/mol. The van der Waals surface area contributed by atoms with Crippen molar-refractivity contribution in [2.45, 2.75) is 45.6 Å². The Morgan fingerprint density at radius 3 is 2.80 bits per heavy atom. The molecule has 0 atom stereocenters. The van der Waals surface area contributed by atoms with Gasteiger partial charge in [0.25, 0.3) is 0 Å². The Labute approximate surface area is 196 Å². The van der Waals surface area contributed by atoms with Gasteiger partial charge in [-0.3, -0.25) is 4.68 Å². The number of aromatic nitrogens is 3. The molecule has 8 nitrogen and oxygen atoms in total. The number of guanidine groups is 1. The molecule has 1 N–H and O–H groups in total. The molecule has 0 radical (unpaired) electrons. The number of hydrogen-bond acceptors (Lipinski definition) is 5.